The van der Waals surface area contributed by atoms with Crippen molar-refractivity contribution in [2.75, 3.05) is 25.1 Å². The third kappa shape index (κ3) is 2.55. The van der Waals surface area contributed by atoms with E-state index < -0.39 is 28.0 Å². The van der Waals surface area contributed by atoms with Crippen molar-refractivity contribution in [2.45, 2.75) is 12.5 Å². The van der Waals surface area contributed by atoms with Gasteiger partial charge in [-0.05, 0) is 12.5 Å². The van der Waals surface area contributed by atoms with E-state index in [1.165, 1.54) is 0 Å². The first-order chi connectivity index (χ1) is 9.43. The van der Waals surface area contributed by atoms with Crippen LogP contribution in [0.4, 0.5) is 15.8 Å². The summed E-state index contributed by atoms with van der Waals surface area (Å²) in [5, 5.41) is 19.8. The fourth-order valence-electron chi connectivity index (χ4n) is 2.26. The van der Waals surface area contributed by atoms with Crippen LogP contribution in [0.15, 0.2) is 12.1 Å². The molecule has 2 rings (SSSR count). The molecule has 1 saturated heterocycles. The van der Waals surface area contributed by atoms with E-state index in [9.17, 15) is 19.3 Å². The van der Waals surface area contributed by atoms with Crippen molar-refractivity contribution in [2.24, 2.45) is 0 Å². The summed E-state index contributed by atoms with van der Waals surface area (Å²) in [7, 11) is 1.54. The first-order valence-corrected chi connectivity index (χ1v) is 5.93. The molecular formula is C12H13FN2O5. The van der Waals surface area contributed by atoms with Crippen molar-refractivity contribution in [1.29, 1.82) is 0 Å². The van der Waals surface area contributed by atoms with E-state index in [1.807, 2.05) is 0 Å². The second-order valence-corrected chi connectivity index (χ2v) is 4.48. The normalized spacial score (nSPS) is 18.3. The van der Waals surface area contributed by atoms with Crippen molar-refractivity contribution < 1.29 is 24.0 Å². The molecule has 1 N–H and O–H groups in total. The Morgan fingerprint density at radius 3 is 2.80 bits per heavy atom. The molecule has 0 bridgehead atoms. The minimum absolute atomic E-state index is 0.0487. The molecule has 0 radical (unpaired) electrons. The number of carbonyl (C=O) groups is 1. The van der Waals surface area contributed by atoms with E-state index >= 15 is 0 Å². The Balaban J connectivity index is 2.42. The van der Waals surface area contributed by atoms with Crippen LogP contribution in [-0.2, 0) is 4.74 Å². The number of nitro groups is 1. The number of nitrogens with zero attached hydrogens (tertiary/aromatic N) is 2. The van der Waals surface area contributed by atoms with Gasteiger partial charge in [-0.3, -0.25) is 10.1 Å². The fourth-order valence-corrected chi connectivity index (χ4v) is 2.26. The molecule has 0 spiro atoms. The van der Waals surface area contributed by atoms with E-state index in [0.29, 0.717) is 25.6 Å². The van der Waals surface area contributed by atoms with E-state index in [2.05, 4.69) is 0 Å². The van der Waals surface area contributed by atoms with Gasteiger partial charge in [-0.25, -0.2) is 9.18 Å². The summed E-state index contributed by atoms with van der Waals surface area (Å²) in [6.07, 6.45) is 0.632. The number of benzene rings is 1. The summed E-state index contributed by atoms with van der Waals surface area (Å²) in [6, 6.07) is 1.66. The number of ether oxygens (including phenoxy) is 1. The molecule has 1 heterocycles. The topological polar surface area (TPSA) is 92.9 Å². The number of hydrogen-bond donors (Lipinski definition) is 1. The highest BCUT2D eigenvalue weighted by Crippen LogP contribution is 2.31. The van der Waals surface area contributed by atoms with Gasteiger partial charge >= 0.3 is 5.97 Å². The number of anilines is 1. The van der Waals surface area contributed by atoms with E-state index in [4.69, 9.17) is 9.84 Å². The van der Waals surface area contributed by atoms with Crippen LogP contribution in [0, 0.1) is 15.9 Å². The van der Waals surface area contributed by atoms with Gasteiger partial charge in [-0.1, -0.05) is 0 Å². The number of halogens is 1. The molecule has 108 valence electrons. The molecule has 8 heteroatoms. The highest BCUT2D eigenvalue weighted by atomic mass is 19.1. The third-order valence-corrected chi connectivity index (χ3v) is 3.31. The lowest BCUT2D eigenvalue weighted by molar-refractivity contribution is -0.385. The number of rotatable bonds is 4. The molecule has 0 aliphatic carbocycles. The summed E-state index contributed by atoms with van der Waals surface area (Å²) in [6.45, 7) is 0.927. The smallest absolute Gasteiger partial charge is 0.342 e. The molecular weight excluding hydrogens is 271 g/mol. The zero-order valence-electron chi connectivity index (χ0n) is 10.7. The van der Waals surface area contributed by atoms with Crippen LogP contribution in [0.5, 0.6) is 0 Å². The fraction of sp³-hybridized carbons (Fsp3) is 0.417. The predicted molar refractivity (Wildman–Crippen MR) is 67.6 cm³/mol. The number of hydrogen-bond acceptors (Lipinski definition) is 5. The van der Waals surface area contributed by atoms with Crippen LogP contribution in [0.25, 0.3) is 0 Å². The first-order valence-electron chi connectivity index (χ1n) is 5.93. The average molecular weight is 284 g/mol. The largest absolute Gasteiger partial charge is 0.477 e. The Hall–Kier alpha value is -2.22. The average Bonchev–Trinajstić information content (AvgIpc) is 2.86. The molecule has 1 aromatic rings. The van der Waals surface area contributed by atoms with Crippen LogP contribution >= 0.6 is 0 Å². The van der Waals surface area contributed by atoms with Gasteiger partial charge < -0.3 is 14.7 Å². The molecule has 1 aliphatic rings. The van der Waals surface area contributed by atoms with Gasteiger partial charge in [0.1, 0.15) is 5.56 Å². The monoisotopic (exact) mass is 284 g/mol. The van der Waals surface area contributed by atoms with Gasteiger partial charge in [0.05, 0.1) is 22.8 Å². The third-order valence-electron chi connectivity index (χ3n) is 3.31. The lowest BCUT2D eigenvalue weighted by Gasteiger charge is -2.19. The van der Waals surface area contributed by atoms with Crippen molar-refractivity contribution in [3.8, 4) is 0 Å². The van der Waals surface area contributed by atoms with Crippen molar-refractivity contribution in [3.63, 3.8) is 0 Å². The van der Waals surface area contributed by atoms with Gasteiger partial charge in [-0.2, -0.15) is 0 Å². The quantitative estimate of drug-likeness (QED) is 0.667. The molecule has 1 atom stereocenters. The maximum atomic E-state index is 14.0. The number of aromatic carboxylic acids is 1. The van der Waals surface area contributed by atoms with Gasteiger partial charge in [0.15, 0.2) is 5.82 Å². The summed E-state index contributed by atoms with van der Waals surface area (Å²) >= 11 is 0. The SMILES string of the molecule is COC1CCN(c2cc(C(=O)O)c([N+](=O)[O-])cc2F)C1. The van der Waals surface area contributed by atoms with Crippen LogP contribution in [0.2, 0.25) is 0 Å². The molecule has 0 saturated carbocycles. The zero-order chi connectivity index (χ0) is 14.9. The molecule has 1 unspecified atom stereocenters. The number of nitro benzene ring substituents is 1. The molecule has 20 heavy (non-hydrogen) atoms. The highest BCUT2D eigenvalue weighted by Gasteiger charge is 2.29. The maximum absolute atomic E-state index is 14.0. The lowest BCUT2D eigenvalue weighted by atomic mass is 10.1. The maximum Gasteiger partial charge on any atom is 0.342 e. The predicted octanol–water partition coefficient (Wildman–Crippen LogP) is 1.66. The summed E-state index contributed by atoms with van der Waals surface area (Å²) in [5.41, 5.74) is -1.22. The summed E-state index contributed by atoms with van der Waals surface area (Å²) in [4.78, 5) is 22.5. The van der Waals surface area contributed by atoms with Crippen LogP contribution < -0.4 is 4.90 Å². The van der Waals surface area contributed by atoms with E-state index in [1.54, 1.807) is 12.0 Å². The Labute approximate surface area is 113 Å². The Kier molecular flexibility index (Phi) is 3.84. The standard InChI is InChI=1S/C12H13FN2O5/c1-20-7-2-3-14(6-7)11-4-8(12(16)17)10(15(18)19)5-9(11)13/h4-5,7H,2-3,6H2,1H3,(H,16,17). The molecule has 7 nitrogen and oxygen atoms in total. The second kappa shape index (κ2) is 5.41. The van der Waals surface area contributed by atoms with Crippen molar-refractivity contribution in [3.05, 3.63) is 33.6 Å². The second-order valence-electron chi connectivity index (χ2n) is 4.48. The van der Waals surface area contributed by atoms with Gasteiger partial charge in [0, 0.05) is 20.2 Å². The summed E-state index contributed by atoms with van der Waals surface area (Å²) in [5.74, 6) is -2.26. The molecule has 0 aromatic heterocycles. The molecule has 0 amide bonds. The van der Waals surface area contributed by atoms with Crippen molar-refractivity contribution in [1.82, 2.24) is 0 Å². The highest BCUT2D eigenvalue weighted by molar-refractivity contribution is 5.93. The van der Waals surface area contributed by atoms with Crippen molar-refractivity contribution >= 4 is 17.3 Å². The number of carboxylic acid groups (broad SMARTS) is 1. The number of methoxy groups -OCH3 is 1. The van der Waals surface area contributed by atoms with Crippen LogP contribution in [-0.4, -0.2) is 42.3 Å². The lowest BCUT2D eigenvalue weighted by Crippen LogP contribution is -2.23. The van der Waals surface area contributed by atoms with E-state index in [0.717, 1.165) is 6.07 Å². The Bertz CT molecular complexity index is 563. The number of carboxylic acids is 1. The Morgan fingerprint density at radius 2 is 2.30 bits per heavy atom. The zero-order valence-corrected chi connectivity index (χ0v) is 10.7. The minimum Gasteiger partial charge on any atom is -0.477 e. The van der Waals surface area contributed by atoms with Crippen LogP contribution in [0.1, 0.15) is 16.8 Å². The van der Waals surface area contributed by atoms with Crippen LogP contribution in [0.3, 0.4) is 0 Å². The minimum atomic E-state index is -1.46. The van der Waals surface area contributed by atoms with Gasteiger partial charge in [-0.15, -0.1) is 0 Å². The van der Waals surface area contributed by atoms with Gasteiger partial charge in [0.2, 0.25) is 0 Å². The van der Waals surface area contributed by atoms with E-state index in [-0.39, 0.29) is 11.8 Å². The molecule has 1 aromatic carbocycles. The Morgan fingerprint density at radius 1 is 1.60 bits per heavy atom. The molecule has 1 fully saturated rings. The summed E-state index contributed by atoms with van der Waals surface area (Å²) < 4.78 is 19.1. The van der Waals surface area contributed by atoms with Gasteiger partial charge in [0.25, 0.3) is 5.69 Å². The first kappa shape index (κ1) is 14.2. The molecule has 1 aliphatic heterocycles.